The van der Waals surface area contributed by atoms with E-state index in [1.807, 2.05) is 32.0 Å². The summed E-state index contributed by atoms with van der Waals surface area (Å²) in [6.07, 6.45) is 0.799. The van der Waals surface area contributed by atoms with Crippen LogP contribution in [0.3, 0.4) is 0 Å². The topological polar surface area (TPSA) is 66.5 Å². The Morgan fingerprint density at radius 2 is 1.69 bits per heavy atom. The Bertz CT molecular complexity index is 888. The van der Waals surface area contributed by atoms with E-state index >= 15 is 0 Å². The predicted molar refractivity (Wildman–Crippen MR) is 105 cm³/mol. The van der Waals surface area contributed by atoms with Crippen LogP contribution in [0.1, 0.15) is 42.3 Å². The maximum Gasteiger partial charge on any atom is 0.255 e. The summed E-state index contributed by atoms with van der Waals surface area (Å²) in [4.78, 5) is 12.8. The summed E-state index contributed by atoms with van der Waals surface area (Å²) in [5.41, 5.74) is 3.13. The first kappa shape index (κ1) is 20.1. The van der Waals surface area contributed by atoms with Crippen LogP contribution in [0.25, 0.3) is 0 Å². The zero-order chi connectivity index (χ0) is 19.3. The SMILES string of the molecule is CCc1cccc(C)c1NC(=O)c1cccc(S(=O)(=O)N(CC)CC)c1. The number of hydrogen-bond donors (Lipinski definition) is 1. The number of sulfonamides is 1. The maximum absolute atomic E-state index is 12.7. The lowest BCUT2D eigenvalue weighted by Gasteiger charge is -2.19. The number of aryl methyl sites for hydroxylation is 2. The summed E-state index contributed by atoms with van der Waals surface area (Å²) in [5, 5.41) is 2.93. The van der Waals surface area contributed by atoms with Crippen LogP contribution in [0.2, 0.25) is 0 Å². The van der Waals surface area contributed by atoms with Crippen molar-refractivity contribution < 1.29 is 13.2 Å². The number of carbonyl (C=O) groups is 1. The number of nitrogens with one attached hydrogen (secondary N) is 1. The minimum atomic E-state index is -3.60. The number of benzene rings is 2. The van der Waals surface area contributed by atoms with Crippen LogP contribution in [-0.4, -0.2) is 31.7 Å². The lowest BCUT2D eigenvalue weighted by Crippen LogP contribution is -2.30. The van der Waals surface area contributed by atoms with Crippen molar-refractivity contribution in [3.05, 3.63) is 59.2 Å². The Labute approximate surface area is 156 Å². The van der Waals surface area contributed by atoms with Crippen LogP contribution in [0, 0.1) is 6.92 Å². The molecule has 1 N–H and O–H groups in total. The largest absolute Gasteiger partial charge is 0.321 e. The highest BCUT2D eigenvalue weighted by Gasteiger charge is 2.22. The highest BCUT2D eigenvalue weighted by molar-refractivity contribution is 7.89. The van der Waals surface area contributed by atoms with Crippen molar-refractivity contribution in [3.8, 4) is 0 Å². The van der Waals surface area contributed by atoms with Crippen molar-refractivity contribution in [1.82, 2.24) is 4.31 Å². The third kappa shape index (κ3) is 4.14. The van der Waals surface area contributed by atoms with Crippen LogP contribution < -0.4 is 5.32 Å². The second-order valence-corrected chi connectivity index (χ2v) is 7.97. The first-order valence-electron chi connectivity index (χ1n) is 8.85. The molecule has 0 radical (unpaired) electrons. The van der Waals surface area contributed by atoms with Gasteiger partial charge in [-0.25, -0.2) is 8.42 Å². The molecule has 0 saturated heterocycles. The molecule has 0 aliphatic rings. The van der Waals surface area contributed by atoms with Gasteiger partial charge < -0.3 is 5.32 Å². The molecule has 140 valence electrons. The average molecular weight is 375 g/mol. The van der Waals surface area contributed by atoms with Crippen LogP contribution in [-0.2, 0) is 16.4 Å². The van der Waals surface area contributed by atoms with Gasteiger partial charge >= 0.3 is 0 Å². The van der Waals surface area contributed by atoms with Gasteiger partial charge in [-0.1, -0.05) is 45.0 Å². The van der Waals surface area contributed by atoms with E-state index in [4.69, 9.17) is 0 Å². The van der Waals surface area contributed by atoms with Crippen molar-refractivity contribution in [1.29, 1.82) is 0 Å². The molecule has 2 rings (SSSR count). The van der Waals surface area contributed by atoms with Gasteiger partial charge in [0.1, 0.15) is 0 Å². The molecule has 0 heterocycles. The van der Waals surface area contributed by atoms with E-state index in [2.05, 4.69) is 5.32 Å². The Morgan fingerprint density at radius 1 is 1.04 bits per heavy atom. The number of hydrogen-bond acceptors (Lipinski definition) is 3. The van der Waals surface area contributed by atoms with E-state index in [1.54, 1.807) is 26.0 Å². The van der Waals surface area contributed by atoms with Crippen LogP contribution in [0.15, 0.2) is 47.4 Å². The molecular formula is C20H26N2O3S. The molecule has 0 aliphatic heterocycles. The normalized spacial score (nSPS) is 11.6. The van der Waals surface area contributed by atoms with Gasteiger partial charge in [-0.15, -0.1) is 0 Å². The van der Waals surface area contributed by atoms with Gasteiger partial charge in [0.05, 0.1) is 4.90 Å². The quantitative estimate of drug-likeness (QED) is 0.801. The highest BCUT2D eigenvalue weighted by Crippen LogP contribution is 2.23. The van der Waals surface area contributed by atoms with Gasteiger partial charge in [0, 0.05) is 24.3 Å². The number of para-hydroxylation sites is 1. The number of amides is 1. The zero-order valence-electron chi connectivity index (χ0n) is 15.7. The fourth-order valence-electron chi connectivity index (χ4n) is 2.90. The molecule has 0 unspecified atom stereocenters. The molecule has 0 saturated carbocycles. The summed E-state index contributed by atoms with van der Waals surface area (Å²) in [7, 11) is -3.60. The molecule has 26 heavy (non-hydrogen) atoms. The van der Waals surface area contributed by atoms with Gasteiger partial charge in [0.25, 0.3) is 5.91 Å². The van der Waals surface area contributed by atoms with E-state index < -0.39 is 10.0 Å². The van der Waals surface area contributed by atoms with Crippen molar-refractivity contribution in [2.45, 2.75) is 39.0 Å². The third-order valence-corrected chi connectivity index (χ3v) is 6.46. The monoisotopic (exact) mass is 374 g/mol. The summed E-state index contributed by atoms with van der Waals surface area (Å²) >= 11 is 0. The Morgan fingerprint density at radius 3 is 2.31 bits per heavy atom. The first-order valence-corrected chi connectivity index (χ1v) is 10.3. The zero-order valence-corrected chi connectivity index (χ0v) is 16.6. The van der Waals surface area contributed by atoms with E-state index in [0.29, 0.717) is 18.7 Å². The van der Waals surface area contributed by atoms with Gasteiger partial charge in [-0.2, -0.15) is 4.31 Å². The van der Waals surface area contributed by atoms with Gasteiger partial charge in [0.15, 0.2) is 0 Å². The molecule has 0 spiro atoms. The Hall–Kier alpha value is -2.18. The van der Waals surface area contributed by atoms with Crippen molar-refractivity contribution in [3.63, 3.8) is 0 Å². The summed E-state index contributed by atoms with van der Waals surface area (Å²) in [6, 6.07) is 12.1. The summed E-state index contributed by atoms with van der Waals surface area (Å²) in [5.74, 6) is -0.314. The number of rotatable bonds is 7. The minimum Gasteiger partial charge on any atom is -0.321 e. The second kappa shape index (κ2) is 8.47. The van der Waals surface area contributed by atoms with Gasteiger partial charge in [-0.05, 0) is 42.7 Å². The van der Waals surface area contributed by atoms with Crippen molar-refractivity contribution >= 4 is 21.6 Å². The molecule has 1 amide bonds. The fraction of sp³-hybridized carbons (Fsp3) is 0.350. The molecule has 5 nitrogen and oxygen atoms in total. The van der Waals surface area contributed by atoms with E-state index in [1.165, 1.54) is 16.4 Å². The standard InChI is InChI=1S/C20H26N2O3S/c1-5-16-11-8-10-15(4)19(16)21-20(23)17-12-9-13-18(14-17)26(24,25)22(6-2)7-3/h8-14H,5-7H2,1-4H3,(H,21,23). The Balaban J connectivity index is 2.35. The van der Waals surface area contributed by atoms with Crippen LogP contribution in [0.5, 0.6) is 0 Å². The van der Waals surface area contributed by atoms with Crippen molar-refractivity contribution in [2.75, 3.05) is 18.4 Å². The second-order valence-electron chi connectivity index (χ2n) is 6.03. The van der Waals surface area contributed by atoms with Crippen LogP contribution in [0.4, 0.5) is 5.69 Å². The molecule has 0 atom stereocenters. The molecule has 0 bridgehead atoms. The smallest absolute Gasteiger partial charge is 0.255 e. The predicted octanol–water partition coefficient (Wildman–Crippen LogP) is 3.84. The molecule has 2 aromatic rings. The molecule has 0 aromatic heterocycles. The Kier molecular flexibility index (Phi) is 6.56. The molecule has 0 aliphatic carbocycles. The number of nitrogens with zero attached hydrogens (tertiary/aromatic N) is 1. The molecule has 0 fully saturated rings. The lowest BCUT2D eigenvalue weighted by atomic mass is 10.1. The maximum atomic E-state index is 12.7. The molecule has 6 heteroatoms. The van der Waals surface area contributed by atoms with E-state index in [-0.39, 0.29) is 10.8 Å². The van der Waals surface area contributed by atoms with E-state index in [9.17, 15) is 13.2 Å². The lowest BCUT2D eigenvalue weighted by molar-refractivity contribution is 0.102. The van der Waals surface area contributed by atoms with Gasteiger partial charge in [-0.3, -0.25) is 4.79 Å². The van der Waals surface area contributed by atoms with E-state index in [0.717, 1.165) is 23.2 Å². The number of carbonyl (C=O) groups excluding carboxylic acids is 1. The fourth-order valence-corrected chi connectivity index (χ4v) is 4.40. The van der Waals surface area contributed by atoms with Crippen molar-refractivity contribution in [2.24, 2.45) is 0 Å². The average Bonchev–Trinajstić information content (AvgIpc) is 2.64. The number of anilines is 1. The molecular weight excluding hydrogens is 348 g/mol. The summed E-state index contributed by atoms with van der Waals surface area (Å²) < 4.78 is 26.7. The minimum absolute atomic E-state index is 0.134. The molecule has 2 aromatic carbocycles. The highest BCUT2D eigenvalue weighted by atomic mass is 32.2. The third-order valence-electron chi connectivity index (χ3n) is 4.42. The van der Waals surface area contributed by atoms with Gasteiger partial charge in [0.2, 0.25) is 10.0 Å². The summed E-state index contributed by atoms with van der Waals surface area (Å²) in [6.45, 7) is 8.33. The van der Waals surface area contributed by atoms with Crippen LogP contribution >= 0.6 is 0 Å². The first-order chi connectivity index (χ1) is 12.3.